The Morgan fingerprint density at radius 1 is 0.829 bits per heavy atom. The van der Waals surface area contributed by atoms with Gasteiger partial charge in [0.1, 0.15) is 6.04 Å². The average Bonchev–Trinajstić information content (AvgIpc) is 2.88. The number of hydrogen-bond donors (Lipinski definition) is 6. The van der Waals surface area contributed by atoms with Crippen molar-refractivity contribution in [3.05, 3.63) is 65.2 Å². The first-order valence-electron chi connectivity index (χ1n) is 12.3. The molecule has 9 N–H and O–H groups in total. The Morgan fingerprint density at radius 3 is 1.95 bits per heavy atom. The maximum Gasteiger partial charge on any atom is 0.416 e. The minimum Gasteiger partial charge on any atom is -0.343 e. The highest BCUT2D eigenvalue weighted by atomic mass is 19.4. The number of nitrogens with zero attached hydrogens (tertiary/aromatic N) is 1. The van der Waals surface area contributed by atoms with Crippen LogP contribution in [0.15, 0.2) is 48.5 Å². The summed E-state index contributed by atoms with van der Waals surface area (Å²) >= 11 is 0. The number of alkyl halides is 6. The predicted octanol–water partition coefficient (Wildman–Crippen LogP) is 1.36. The number of hydrogen-bond acceptors (Lipinski definition) is 7. The van der Waals surface area contributed by atoms with Crippen molar-refractivity contribution in [1.29, 1.82) is 0 Å². The van der Waals surface area contributed by atoms with Gasteiger partial charge in [0.2, 0.25) is 17.7 Å². The maximum absolute atomic E-state index is 13.1. The van der Waals surface area contributed by atoms with Crippen molar-refractivity contribution in [3.8, 4) is 0 Å². The van der Waals surface area contributed by atoms with Gasteiger partial charge < -0.3 is 27.8 Å². The molecule has 0 aliphatic carbocycles. The van der Waals surface area contributed by atoms with Crippen molar-refractivity contribution < 1.29 is 40.7 Å². The Morgan fingerprint density at radius 2 is 1.41 bits per heavy atom. The second kappa shape index (κ2) is 14.8. The van der Waals surface area contributed by atoms with E-state index in [-0.39, 0.29) is 43.9 Å². The first-order valence-corrected chi connectivity index (χ1v) is 12.3. The summed E-state index contributed by atoms with van der Waals surface area (Å²) in [5.41, 5.74) is 17.3. The van der Waals surface area contributed by atoms with Crippen LogP contribution in [0, 0.1) is 0 Å². The Bertz CT molecular complexity index is 1170. The van der Waals surface area contributed by atoms with Crippen LogP contribution in [0.2, 0.25) is 0 Å². The zero-order valence-corrected chi connectivity index (χ0v) is 21.7. The Hall–Kier alpha value is -3.73. The largest absolute Gasteiger partial charge is 0.416 e. The monoisotopic (exact) mass is 591 g/mol. The predicted molar refractivity (Wildman–Crippen MR) is 138 cm³/mol. The number of hydrazine groups is 1. The summed E-state index contributed by atoms with van der Waals surface area (Å²) < 4.78 is 78.1. The van der Waals surface area contributed by atoms with Crippen molar-refractivity contribution in [2.75, 3.05) is 31.5 Å². The van der Waals surface area contributed by atoms with Crippen LogP contribution in [-0.4, -0.2) is 61.0 Å². The zero-order valence-electron chi connectivity index (χ0n) is 21.7. The molecule has 2 atom stereocenters. The molecule has 3 amide bonds. The summed E-state index contributed by atoms with van der Waals surface area (Å²) in [5, 5.41) is 6.03. The van der Waals surface area contributed by atoms with Crippen LogP contribution in [0.4, 0.5) is 32.0 Å². The molecule has 41 heavy (non-hydrogen) atoms. The van der Waals surface area contributed by atoms with Crippen LogP contribution in [-0.2, 0) is 33.2 Å². The van der Waals surface area contributed by atoms with Crippen LogP contribution in [0.3, 0.4) is 0 Å². The van der Waals surface area contributed by atoms with E-state index in [9.17, 15) is 40.7 Å². The highest BCUT2D eigenvalue weighted by Gasteiger charge is 2.32. The van der Waals surface area contributed by atoms with Gasteiger partial charge in [0.15, 0.2) is 0 Å². The lowest BCUT2D eigenvalue weighted by molar-refractivity contribution is -0.138. The molecule has 0 unspecified atom stereocenters. The number of rotatable bonds is 13. The smallest absolute Gasteiger partial charge is 0.343 e. The number of nitrogens with one attached hydrogen (secondary N) is 3. The van der Waals surface area contributed by atoms with E-state index in [1.165, 1.54) is 11.1 Å². The molecule has 0 spiro atoms. The van der Waals surface area contributed by atoms with Gasteiger partial charge in [-0.3, -0.25) is 19.8 Å². The average molecular weight is 592 g/mol. The van der Waals surface area contributed by atoms with Crippen LogP contribution in [0.5, 0.6) is 0 Å². The highest BCUT2D eigenvalue weighted by molar-refractivity contribution is 5.98. The number of amides is 3. The van der Waals surface area contributed by atoms with E-state index in [0.717, 1.165) is 36.4 Å². The number of carbonyl (C=O) groups excluding carboxylic acids is 3. The Balaban J connectivity index is 2.20. The van der Waals surface area contributed by atoms with Crippen molar-refractivity contribution in [2.24, 2.45) is 17.2 Å². The quantitative estimate of drug-likeness (QED) is 0.151. The molecule has 0 bridgehead atoms. The Labute approximate surface area is 231 Å². The van der Waals surface area contributed by atoms with Gasteiger partial charge in [0.05, 0.1) is 23.6 Å². The molecule has 0 radical (unpaired) electrons. The molecular weight excluding hydrogens is 560 g/mol. The first kappa shape index (κ1) is 33.5. The summed E-state index contributed by atoms with van der Waals surface area (Å²) in [6.07, 6.45) is -10.1. The van der Waals surface area contributed by atoms with Gasteiger partial charge in [0.25, 0.3) is 0 Å². The van der Waals surface area contributed by atoms with E-state index in [1.54, 1.807) is 0 Å². The van der Waals surface area contributed by atoms with Crippen molar-refractivity contribution in [2.45, 2.75) is 37.3 Å². The number of anilines is 1. The first-order chi connectivity index (χ1) is 19.1. The highest BCUT2D eigenvalue weighted by Crippen LogP contribution is 2.31. The number of benzene rings is 2. The van der Waals surface area contributed by atoms with Gasteiger partial charge in [-0.05, 0) is 35.9 Å². The lowest BCUT2D eigenvalue weighted by Gasteiger charge is -2.24. The van der Waals surface area contributed by atoms with Gasteiger partial charge in [-0.1, -0.05) is 18.2 Å². The van der Waals surface area contributed by atoms with E-state index >= 15 is 0 Å². The molecule has 2 aromatic carbocycles. The number of carbonyl (C=O) groups is 3. The molecule has 0 saturated carbocycles. The lowest BCUT2D eigenvalue weighted by atomic mass is 10.0. The molecule has 16 heteroatoms. The zero-order chi connectivity index (χ0) is 30.8. The fourth-order valence-electron chi connectivity index (χ4n) is 3.61. The summed E-state index contributed by atoms with van der Waals surface area (Å²) in [4.78, 5) is 38.2. The van der Waals surface area contributed by atoms with Gasteiger partial charge >= 0.3 is 12.4 Å². The maximum atomic E-state index is 13.1. The van der Waals surface area contributed by atoms with E-state index < -0.39 is 59.7 Å². The summed E-state index contributed by atoms with van der Waals surface area (Å²) in [6.45, 7) is 0.962. The molecule has 2 rings (SSSR count). The topological polar surface area (TPSA) is 169 Å². The minimum atomic E-state index is -4.69. The normalized spacial score (nSPS) is 13.4. The van der Waals surface area contributed by atoms with E-state index in [1.807, 2.05) is 0 Å². The molecule has 0 saturated heterocycles. The summed E-state index contributed by atoms with van der Waals surface area (Å²) in [6, 6.07) is 4.55. The Kier molecular flexibility index (Phi) is 12.1. The van der Waals surface area contributed by atoms with Crippen molar-refractivity contribution in [3.63, 3.8) is 0 Å². The molecular formula is C25H31F6N7O3. The molecule has 10 nitrogen and oxygen atoms in total. The summed E-state index contributed by atoms with van der Waals surface area (Å²) in [7, 11) is 0. The van der Waals surface area contributed by atoms with Crippen molar-refractivity contribution in [1.82, 2.24) is 15.8 Å². The van der Waals surface area contributed by atoms with Gasteiger partial charge in [-0.2, -0.15) is 26.3 Å². The standard InChI is InChI=1S/C25H31F6N7O3/c26-24(27,28)16-6-4-15(5-7-16)12-20(23(41)35-18-3-1-2-17(13-18)25(29,30)31)36-22(40)19(34)14-21(39)37-38(10-8-32)11-9-33/h1-7,13,19-20H,8-12,14,32-34H2,(H,35,41)(H,36,40)(H,37,39)/t19-,20-/m0/s1. The molecule has 0 aliphatic heterocycles. The third kappa shape index (κ3) is 11.0. The molecule has 2 aromatic rings. The second-order valence-electron chi connectivity index (χ2n) is 8.94. The van der Waals surface area contributed by atoms with Gasteiger partial charge in [0, 0.05) is 38.3 Å². The molecule has 0 aliphatic rings. The van der Waals surface area contributed by atoms with Crippen LogP contribution in [0.1, 0.15) is 23.1 Å². The molecule has 0 heterocycles. The van der Waals surface area contributed by atoms with E-state index in [4.69, 9.17) is 17.2 Å². The SMILES string of the molecule is NCCN(CCN)NC(=O)C[C@H](N)C(=O)N[C@@H](Cc1ccc(C(F)(F)F)cc1)C(=O)Nc1cccc(C(F)(F)F)c1. The third-order valence-corrected chi connectivity index (χ3v) is 5.63. The van der Waals surface area contributed by atoms with E-state index in [0.29, 0.717) is 6.07 Å². The van der Waals surface area contributed by atoms with Gasteiger partial charge in [-0.15, -0.1) is 0 Å². The lowest BCUT2D eigenvalue weighted by Crippen LogP contribution is -2.53. The van der Waals surface area contributed by atoms with E-state index in [2.05, 4.69) is 16.1 Å². The molecule has 226 valence electrons. The molecule has 0 fully saturated rings. The van der Waals surface area contributed by atoms with Crippen LogP contribution in [0.25, 0.3) is 0 Å². The van der Waals surface area contributed by atoms with Crippen LogP contribution >= 0.6 is 0 Å². The minimum absolute atomic E-state index is 0.202. The fraction of sp³-hybridized carbons (Fsp3) is 0.400. The molecule has 0 aromatic heterocycles. The van der Waals surface area contributed by atoms with Crippen LogP contribution < -0.4 is 33.3 Å². The third-order valence-electron chi connectivity index (χ3n) is 5.63. The van der Waals surface area contributed by atoms with Crippen molar-refractivity contribution >= 4 is 23.4 Å². The second-order valence-corrected chi connectivity index (χ2v) is 8.94. The number of halogens is 6. The fourth-order valence-corrected chi connectivity index (χ4v) is 3.61. The van der Waals surface area contributed by atoms with Gasteiger partial charge in [-0.25, -0.2) is 5.01 Å². The number of nitrogens with two attached hydrogens (primary N) is 3. The summed E-state index contributed by atoms with van der Waals surface area (Å²) in [5.74, 6) is -2.57.